The van der Waals surface area contributed by atoms with Gasteiger partial charge in [0.15, 0.2) is 0 Å². The van der Waals surface area contributed by atoms with Crippen LogP contribution in [0, 0.1) is 5.82 Å². The Morgan fingerprint density at radius 1 is 1.28 bits per heavy atom. The van der Waals surface area contributed by atoms with Crippen LogP contribution in [0.3, 0.4) is 0 Å². The molecule has 0 bridgehead atoms. The van der Waals surface area contributed by atoms with Crippen LogP contribution < -0.4 is 16.8 Å². The van der Waals surface area contributed by atoms with E-state index in [2.05, 4.69) is 5.32 Å². The van der Waals surface area contributed by atoms with Crippen molar-refractivity contribution in [1.29, 1.82) is 0 Å². The van der Waals surface area contributed by atoms with Crippen molar-refractivity contribution < 1.29 is 18.7 Å². The van der Waals surface area contributed by atoms with E-state index in [1.807, 2.05) is 0 Å². The number of nitrogen functional groups attached to an aromatic ring is 2. The van der Waals surface area contributed by atoms with Crippen LogP contribution in [0.2, 0.25) is 0 Å². The fourth-order valence-electron chi connectivity index (χ4n) is 2.63. The lowest BCUT2D eigenvalue weighted by Crippen LogP contribution is -2.50. The second kappa shape index (κ2) is 7.16. The maximum atomic E-state index is 13.9. The number of nitrogens with zero attached hydrogens (tertiary/aromatic N) is 1. The Morgan fingerprint density at radius 3 is 2.56 bits per heavy atom. The Morgan fingerprint density at radius 2 is 1.92 bits per heavy atom. The molecule has 1 aromatic carbocycles. The fourth-order valence-corrected chi connectivity index (χ4v) is 2.63. The van der Waals surface area contributed by atoms with Gasteiger partial charge in [0.2, 0.25) is 0 Å². The van der Waals surface area contributed by atoms with Crippen molar-refractivity contribution >= 4 is 23.4 Å². The number of halogens is 1. The second-order valence-corrected chi connectivity index (χ2v) is 7.20. The Hall–Kier alpha value is -2.51. The third-order valence-electron chi connectivity index (χ3n) is 3.83. The molecule has 8 heteroatoms. The molecule has 7 nitrogen and oxygen atoms in total. The van der Waals surface area contributed by atoms with Gasteiger partial charge >= 0.3 is 6.09 Å². The zero-order valence-electron chi connectivity index (χ0n) is 14.8. The van der Waals surface area contributed by atoms with E-state index >= 15 is 0 Å². The number of nitrogens with two attached hydrogens (primary N) is 2. The van der Waals surface area contributed by atoms with Crippen LogP contribution in [-0.4, -0.2) is 41.6 Å². The lowest BCUT2D eigenvalue weighted by atomic mass is 10.0. The van der Waals surface area contributed by atoms with E-state index in [9.17, 15) is 14.0 Å². The van der Waals surface area contributed by atoms with Crippen molar-refractivity contribution in [2.24, 2.45) is 0 Å². The monoisotopic (exact) mass is 352 g/mol. The largest absolute Gasteiger partial charge is 0.444 e. The van der Waals surface area contributed by atoms with E-state index in [1.54, 1.807) is 25.7 Å². The van der Waals surface area contributed by atoms with Gasteiger partial charge in [0.05, 0.1) is 16.9 Å². The van der Waals surface area contributed by atoms with Crippen molar-refractivity contribution in [3.05, 3.63) is 23.5 Å². The number of hydrogen-bond acceptors (Lipinski definition) is 5. The number of amides is 2. The van der Waals surface area contributed by atoms with Gasteiger partial charge in [0, 0.05) is 19.1 Å². The first-order valence-electron chi connectivity index (χ1n) is 8.20. The van der Waals surface area contributed by atoms with Crippen LogP contribution in [0.15, 0.2) is 12.1 Å². The molecule has 1 aromatic rings. The van der Waals surface area contributed by atoms with Gasteiger partial charge in [-0.1, -0.05) is 0 Å². The molecular weight excluding hydrogens is 327 g/mol. The predicted octanol–water partition coefficient (Wildman–Crippen LogP) is 2.12. The molecule has 0 spiro atoms. The van der Waals surface area contributed by atoms with Crippen LogP contribution in [0.1, 0.15) is 44.0 Å². The SMILES string of the molecule is CC(C)(C)OC(=O)N1CCCC(NC(=O)c2cc(N)c(N)cc2F)C1. The van der Waals surface area contributed by atoms with Gasteiger partial charge < -0.3 is 26.4 Å². The smallest absolute Gasteiger partial charge is 0.410 e. The standard InChI is InChI=1S/C17H25FN4O3/c1-17(2,3)25-16(24)22-6-4-5-10(9-22)21-15(23)11-7-13(19)14(20)8-12(11)18/h7-8,10H,4-6,9,19-20H2,1-3H3,(H,21,23). The second-order valence-electron chi connectivity index (χ2n) is 7.20. The normalized spacial score (nSPS) is 17.9. The highest BCUT2D eigenvalue weighted by atomic mass is 19.1. The molecule has 1 unspecified atom stereocenters. The summed E-state index contributed by atoms with van der Waals surface area (Å²) in [5.74, 6) is -1.32. The molecule has 1 aliphatic heterocycles. The molecule has 2 amide bonds. The van der Waals surface area contributed by atoms with Gasteiger partial charge in [-0.25, -0.2) is 9.18 Å². The van der Waals surface area contributed by atoms with Crippen LogP contribution in [0.4, 0.5) is 20.6 Å². The first-order valence-corrected chi connectivity index (χ1v) is 8.20. The summed E-state index contributed by atoms with van der Waals surface area (Å²) < 4.78 is 19.3. The molecule has 0 radical (unpaired) electrons. The summed E-state index contributed by atoms with van der Waals surface area (Å²) in [5.41, 5.74) is 10.6. The third-order valence-corrected chi connectivity index (χ3v) is 3.83. The quantitative estimate of drug-likeness (QED) is 0.706. The van der Waals surface area contributed by atoms with E-state index in [0.29, 0.717) is 19.5 Å². The minimum absolute atomic E-state index is 0.0859. The number of rotatable bonds is 2. The van der Waals surface area contributed by atoms with E-state index in [1.165, 1.54) is 6.07 Å². The molecule has 1 aliphatic rings. The molecule has 25 heavy (non-hydrogen) atoms. The molecule has 2 rings (SSSR count). The molecule has 0 aromatic heterocycles. The van der Waals surface area contributed by atoms with Crippen molar-refractivity contribution in [3.63, 3.8) is 0 Å². The Balaban J connectivity index is 2.02. The van der Waals surface area contributed by atoms with Crippen molar-refractivity contribution in [3.8, 4) is 0 Å². The highest BCUT2D eigenvalue weighted by Gasteiger charge is 2.29. The fraction of sp³-hybridized carbons (Fsp3) is 0.529. The maximum Gasteiger partial charge on any atom is 0.410 e. The van der Waals surface area contributed by atoms with Gasteiger partial charge in [-0.3, -0.25) is 4.79 Å². The van der Waals surface area contributed by atoms with E-state index in [4.69, 9.17) is 16.2 Å². The summed E-state index contributed by atoms with van der Waals surface area (Å²) in [6.45, 7) is 6.25. The lowest BCUT2D eigenvalue weighted by molar-refractivity contribution is 0.0185. The Labute approximate surface area is 146 Å². The Bertz CT molecular complexity index is 673. The van der Waals surface area contributed by atoms with Crippen LogP contribution in [0.25, 0.3) is 0 Å². The van der Waals surface area contributed by atoms with Crippen LogP contribution >= 0.6 is 0 Å². The number of carbonyl (C=O) groups is 2. The molecule has 1 heterocycles. The van der Waals surface area contributed by atoms with Crippen LogP contribution in [0.5, 0.6) is 0 Å². The average molecular weight is 352 g/mol. The number of carbonyl (C=O) groups excluding carboxylic acids is 2. The van der Waals surface area contributed by atoms with E-state index in [-0.39, 0.29) is 23.0 Å². The zero-order chi connectivity index (χ0) is 18.8. The molecule has 0 saturated carbocycles. The average Bonchev–Trinajstić information content (AvgIpc) is 2.49. The molecule has 138 valence electrons. The molecule has 5 N–H and O–H groups in total. The highest BCUT2D eigenvalue weighted by molar-refractivity contribution is 5.96. The first kappa shape index (κ1) is 18.8. The number of hydrogen-bond donors (Lipinski definition) is 3. The van der Waals surface area contributed by atoms with Gasteiger partial charge in [-0.05, 0) is 45.7 Å². The summed E-state index contributed by atoms with van der Waals surface area (Å²) >= 11 is 0. The number of anilines is 2. The number of piperidine rings is 1. The molecule has 1 atom stereocenters. The lowest BCUT2D eigenvalue weighted by Gasteiger charge is -2.34. The maximum absolute atomic E-state index is 13.9. The number of ether oxygens (including phenoxy) is 1. The minimum Gasteiger partial charge on any atom is -0.444 e. The number of benzene rings is 1. The summed E-state index contributed by atoms with van der Waals surface area (Å²) in [7, 11) is 0. The van der Waals surface area contributed by atoms with Gasteiger partial charge in [0.25, 0.3) is 5.91 Å². The van der Waals surface area contributed by atoms with Crippen molar-refractivity contribution in [2.45, 2.75) is 45.3 Å². The topological polar surface area (TPSA) is 111 Å². The molecule has 1 saturated heterocycles. The van der Waals surface area contributed by atoms with Crippen LogP contribution in [-0.2, 0) is 4.74 Å². The first-order chi connectivity index (χ1) is 11.6. The summed E-state index contributed by atoms with van der Waals surface area (Å²) in [4.78, 5) is 26.0. The van der Waals surface area contributed by atoms with Crippen molar-refractivity contribution in [1.82, 2.24) is 10.2 Å². The highest BCUT2D eigenvalue weighted by Crippen LogP contribution is 2.21. The predicted molar refractivity (Wildman–Crippen MR) is 93.5 cm³/mol. The molecular formula is C17H25FN4O3. The van der Waals surface area contributed by atoms with Gasteiger partial charge in [0.1, 0.15) is 11.4 Å². The Kier molecular flexibility index (Phi) is 5.39. The summed E-state index contributed by atoms with van der Waals surface area (Å²) in [6, 6.07) is 1.96. The van der Waals surface area contributed by atoms with E-state index in [0.717, 1.165) is 12.5 Å². The van der Waals surface area contributed by atoms with Gasteiger partial charge in [-0.2, -0.15) is 0 Å². The molecule has 0 aliphatic carbocycles. The number of likely N-dealkylation sites (tertiary alicyclic amines) is 1. The number of nitrogens with one attached hydrogen (secondary N) is 1. The van der Waals surface area contributed by atoms with Gasteiger partial charge in [-0.15, -0.1) is 0 Å². The summed E-state index contributed by atoms with van der Waals surface area (Å²) in [6.07, 6.45) is 0.988. The van der Waals surface area contributed by atoms with E-state index < -0.39 is 23.4 Å². The third kappa shape index (κ3) is 4.98. The summed E-state index contributed by atoms with van der Waals surface area (Å²) in [5, 5.41) is 2.75. The minimum atomic E-state index is -0.732. The van der Waals surface area contributed by atoms with Crippen molar-refractivity contribution in [2.75, 3.05) is 24.6 Å². The molecule has 1 fully saturated rings. The zero-order valence-corrected chi connectivity index (χ0v) is 14.8.